The molecular formula is C16H30N4S. The number of piperazine rings is 1. The number of hydrogen-bond donors (Lipinski definition) is 1. The maximum absolute atomic E-state index is 4.99. The van der Waals surface area contributed by atoms with Gasteiger partial charge in [-0.15, -0.1) is 11.3 Å². The van der Waals surface area contributed by atoms with Crippen LogP contribution in [0.1, 0.15) is 50.1 Å². The second-order valence-electron chi connectivity index (χ2n) is 6.08. The molecule has 1 fully saturated rings. The normalized spacial score (nSPS) is 18.2. The first-order chi connectivity index (χ1) is 10.2. The minimum atomic E-state index is 0.556. The van der Waals surface area contributed by atoms with E-state index in [-0.39, 0.29) is 0 Å². The average Bonchev–Trinajstić information content (AvgIpc) is 2.91. The molecule has 1 saturated heterocycles. The summed E-state index contributed by atoms with van der Waals surface area (Å²) in [5.74, 6) is 0.556. The van der Waals surface area contributed by atoms with Crippen molar-refractivity contribution in [2.75, 3.05) is 44.7 Å². The fraction of sp³-hybridized carbons (Fsp3) is 0.812. The van der Waals surface area contributed by atoms with Gasteiger partial charge in [0.15, 0.2) is 5.13 Å². The van der Waals surface area contributed by atoms with Crippen molar-refractivity contribution in [2.45, 2.75) is 46.1 Å². The minimum Gasteiger partial charge on any atom is -0.346 e. The molecule has 0 amide bonds. The van der Waals surface area contributed by atoms with Crippen LogP contribution in [-0.4, -0.2) is 49.7 Å². The molecule has 0 bridgehead atoms. The highest BCUT2D eigenvalue weighted by atomic mass is 32.1. The van der Waals surface area contributed by atoms with Crippen molar-refractivity contribution in [3.8, 4) is 0 Å². The SMILES string of the molecule is CCCNCc1sc(N2CCN(C)CC2)nc1C(C)CC. The fourth-order valence-corrected chi connectivity index (χ4v) is 3.77. The van der Waals surface area contributed by atoms with E-state index in [0.29, 0.717) is 5.92 Å². The first-order valence-electron chi connectivity index (χ1n) is 8.29. The molecule has 1 aliphatic heterocycles. The average molecular weight is 311 g/mol. The van der Waals surface area contributed by atoms with E-state index in [2.05, 4.69) is 42.9 Å². The van der Waals surface area contributed by atoms with Crippen LogP contribution in [0.3, 0.4) is 0 Å². The quantitative estimate of drug-likeness (QED) is 0.785. The van der Waals surface area contributed by atoms with E-state index in [1.807, 2.05) is 11.3 Å². The molecule has 5 heteroatoms. The Bertz CT molecular complexity index is 424. The van der Waals surface area contributed by atoms with Crippen LogP contribution in [0.2, 0.25) is 0 Å². The van der Waals surface area contributed by atoms with Crippen LogP contribution >= 0.6 is 11.3 Å². The lowest BCUT2D eigenvalue weighted by atomic mass is 10.0. The van der Waals surface area contributed by atoms with Gasteiger partial charge in [-0.3, -0.25) is 0 Å². The Morgan fingerprint density at radius 3 is 2.57 bits per heavy atom. The van der Waals surface area contributed by atoms with Gasteiger partial charge in [0.1, 0.15) is 0 Å². The van der Waals surface area contributed by atoms with Crippen LogP contribution in [-0.2, 0) is 6.54 Å². The molecule has 2 heterocycles. The highest BCUT2D eigenvalue weighted by Gasteiger charge is 2.21. The number of thiazole rings is 1. The summed E-state index contributed by atoms with van der Waals surface area (Å²) < 4.78 is 0. The molecule has 0 aromatic carbocycles. The molecular weight excluding hydrogens is 280 g/mol. The Morgan fingerprint density at radius 1 is 1.24 bits per heavy atom. The first-order valence-corrected chi connectivity index (χ1v) is 9.11. The van der Waals surface area contributed by atoms with Gasteiger partial charge in [-0.25, -0.2) is 4.98 Å². The van der Waals surface area contributed by atoms with Crippen LogP contribution in [0, 0.1) is 0 Å². The molecule has 1 aromatic rings. The Morgan fingerprint density at radius 2 is 1.95 bits per heavy atom. The second kappa shape index (κ2) is 8.11. The van der Waals surface area contributed by atoms with E-state index < -0.39 is 0 Å². The third kappa shape index (κ3) is 4.41. The van der Waals surface area contributed by atoms with Crippen molar-refractivity contribution in [2.24, 2.45) is 0 Å². The van der Waals surface area contributed by atoms with Gasteiger partial charge < -0.3 is 15.1 Å². The van der Waals surface area contributed by atoms with Crippen molar-refractivity contribution in [1.29, 1.82) is 0 Å². The number of likely N-dealkylation sites (N-methyl/N-ethyl adjacent to an activating group) is 1. The lowest BCUT2D eigenvalue weighted by Gasteiger charge is -2.32. The predicted molar refractivity (Wildman–Crippen MR) is 92.5 cm³/mol. The fourth-order valence-electron chi connectivity index (χ4n) is 2.57. The number of rotatable bonds is 7. The van der Waals surface area contributed by atoms with E-state index in [1.54, 1.807) is 0 Å². The lowest BCUT2D eigenvalue weighted by Crippen LogP contribution is -2.44. The molecule has 1 aliphatic rings. The Hall–Kier alpha value is -0.650. The van der Waals surface area contributed by atoms with E-state index in [4.69, 9.17) is 4.98 Å². The number of aromatic nitrogens is 1. The van der Waals surface area contributed by atoms with E-state index in [9.17, 15) is 0 Å². The summed E-state index contributed by atoms with van der Waals surface area (Å²) in [6.07, 6.45) is 2.34. The molecule has 1 N–H and O–H groups in total. The maximum Gasteiger partial charge on any atom is 0.185 e. The highest BCUT2D eigenvalue weighted by molar-refractivity contribution is 7.15. The molecule has 0 radical (unpaired) electrons. The van der Waals surface area contributed by atoms with Crippen molar-refractivity contribution in [3.05, 3.63) is 10.6 Å². The third-order valence-electron chi connectivity index (χ3n) is 4.28. The van der Waals surface area contributed by atoms with Gasteiger partial charge in [-0.1, -0.05) is 20.8 Å². The van der Waals surface area contributed by atoms with Gasteiger partial charge >= 0.3 is 0 Å². The third-order valence-corrected chi connectivity index (χ3v) is 5.41. The van der Waals surface area contributed by atoms with Gasteiger partial charge in [0.2, 0.25) is 0 Å². The first kappa shape index (κ1) is 16.7. The number of hydrogen-bond acceptors (Lipinski definition) is 5. The molecule has 0 spiro atoms. The second-order valence-corrected chi connectivity index (χ2v) is 7.14. The Balaban J connectivity index is 2.11. The van der Waals surface area contributed by atoms with E-state index >= 15 is 0 Å². The minimum absolute atomic E-state index is 0.556. The van der Waals surface area contributed by atoms with E-state index in [0.717, 1.165) is 45.7 Å². The monoisotopic (exact) mass is 310 g/mol. The molecule has 0 aliphatic carbocycles. The molecule has 1 unspecified atom stereocenters. The molecule has 2 rings (SSSR count). The van der Waals surface area contributed by atoms with Gasteiger partial charge in [-0.2, -0.15) is 0 Å². The topological polar surface area (TPSA) is 31.4 Å². The number of nitrogens with zero attached hydrogens (tertiary/aromatic N) is 3. The van der Waals surface area contributed by atoms with Gasteiger partial charge in [-0.05, 0) is 32.4 Å². The van der Waals surface area contributed by atoms with E-state index in [1.165, 1.54) is 22.1 Å². The van der Waals surface area contributed by atoms with Gasteiger partial charge in [0.05, 0.1) is 5.69 Å². The summed E-state index contributed by atoms with van der Waals surface area (Å²) in [6.45, 7) is 13.3. The largest absolute Gasteiger partial charge is 0.346 e. The standard InChI is InChI=1S/C16H30N4S/c1-5-7-17-12-14-15(13(3)6-2)18-16(21-14)20-10-8-19(4)9-11-20/h13,17H,5-12H2,1-4H3. The number of nitrogens with one attached hydrogen (secondary N) is 1. The van der Waals surface area contributed by atoms with Gasteiger partial charge in [0.25, 0.3) is 0 Å². The van der Waals surface area contributed by atoms with Crippen LogP contribution in [0.5, 0.6) is 0 Å². The van der Waals surface area contributed by atoms with Crippen LogP contribution in [0.15, 0.2) is 0 Å². The van der Waals surface area contributed by atoms with Gasteiger partial charge in [0, 0.05) is 37.6 Å². The molecule has 21 heavy (non-hydrogen) atoms. The van der Waals surface area contributed by atoms with Crippen molar-refractivity contribution in [3.63, 3.8) is 0 Å². The summed E-state index contributed by atoms with van der Waals surface area (Å²) >= 11 is 1.90. The zero-order valence-corrected chi connectivity index (χ0v) is 14.8. The van der Waals surface area contributed by atoms with Crippen molar-refractivity contribution >= 4 is 16.5 Å². The zero-order chi connectivity index (χ0) is 15.2. The van der Waals surface area contributed by atoms with Crippen molar-refractivity contribution < 1.29 is 0 Å². The highest BCUT2D eigenvalue weighted by Crippen LogP contribution is 2.32. The predicted octanol–water partition coefficient (Wildman–Crippen LogP) is 2.91. The Labute approximate surface area is 133 Å². The summed E-state index contributed by atoms with van der Waals surface area (Å²) in [6, 6.07) is 0. The summed E-state index contributed by atoms with van der Waals surface area (Å²) in [5, 5.41) is 4.77. The molecule has 120 valence electrons. The maximum atomic E-state index is 4.99. The molecule has 0 saturated carbocycles. The summed E-state index contributed by atoms with van der Waals surface area (Å²) in [5.41, 5.74) is 1.32. The molecule has 4 nitrogen and oxygen atoms in total. The Kier molecular flexibility index (Phi) is 6.45. The van der Waals surface area contributed by atoms with Crippen LogP contribution in [0.25, 0.3) is 0 Å². The smallest absolute Gasteiger partial charge is 0.185 e. The molecule has 1 atom stereocenters. The van der Waals surface area contributed by atoms with Crippen LogP contribution in [0.4, 0.5) is 5.13 Å². The van der Waals surface area contributed by atoms with Crippen LogP contribution < -0.4 is 10.2 Å². The summed E-state index contributed by atoms with van der Waals surface area (Å²) in [4.78, 5) is 11.3. The molecule has 1 aromatic heterocycles. The zero-order valence-electron chi connectivity index (χ0n) is 14.0. The summed E-state index contributed by atoms with van der Waals surface area (Å²) in [7, 11) is 2.20. The lowest BCUT2D eigenvalue weighted by molar-refractivity contribution is 0.312. The van der Waals surface area contributed by atoms with Crippen molar-refractivity contribution in [1.82, 2.24) is 15.2 Å². The number of anilines is 1.